The lowest BCUT2D eigenvalue weighted by Crippen LogP contribution is -2.37. The van der Waals surface area contributed by atoms with Crippen molar-refractivity contribution in [2.24, 2.45) is 0 Å². The van der Waals surface area contributed by atoms with Gasteiger partial charge in [0.2, 0.25) is 0 Å². The minimum Gasteiger partial charge on any atom is -0.352 e. The van der Waals surface area contributed by atoms with Crippen molar-refractivity contribution in [2.45, 2.75) is 76.5 Å². The van der Waals surface area contributed by atoms with Crippen molar-refractivity contribution >= 4 is 17.3 Å². The monoisotopic (exact) mass is 380 g/mol. The number of nitrogens with one attached hydrogen (secondary N) is 1. The molecule has 3 aliphatic rings. The topological polar surface area (TPSA) is 33.1 Å². The van der Waals surface area contributed by atoms with Gasteiger partial charge in [0.15, 0.2) is 5.11 Å². The van der Waals surface area contributed by atoms with Gasteiger partial charge in [-0.05, 0) is 75.5 Å². The maximum absolute atomic E-state index is 5.86. The van der Waals surface area contributed by atoms with Gasteiger partial charge in [0.25, 0.3) is 0 Å². The van der Waals surface area contributed by atoms with E-state index in [1.807, 2.05) is 12.3 Å². The molecule has 1 N–H and O–H groups in total. The van der Waals surface area contributed by atoms with Crippen LogP contribution in [0.15, 0.2) is 30.5 Å². The Hall–Kier alpha value is -1.88. The Morgan fingerprint density at radius 1 is 1.07 bits per heavy atom. The fourth-order valence-corrected chi connectivity index (χ4v) is 5.66. The molecule has 2 aliphatic carbocycles. The van der Waals surface area contributed by atoms with Crippen LogP contribution < -0.4 is 5.32 Å². The number of hydrogen-bond acceptors (Lipinski definition) is 2. The fraction of sp³-hybridized carbons (Fsp3) is 0.545. The van der Waals surface area contributed by atoms with Crippen LogP contribution in [0.3, 0.4) is 0 Å². The van der Waals surface area contributed by atoms with E-state index in [-0.39, 0.29) is 12.1 Å². The van der Waals surface area contributed by atoms with Gasteiger partial charge in [-0.1, -0.05) is 18.9 Å². The average molecular weight is 381 g/mol. The van der Waals surface area contributed by atoms with Crippen molar-refractivity contribution < 1.29 is 0 Å². The molecule has 3 heterocycles. The quantitative estimate of drug-likeness (QED) is 0.776. The van der Waals surface area contributed by atoms with Crippen LogP contribution in [0.1, 0.15) is 79.3 Å². The smallest absolute Gasteiger partial charge is 0.170 e. The van der Waals surface area contributed by atoms with E-state index in [1.54, 1.807) is 0 Å². The third kappa shape index (κ3) is 2.87. The molecule has 3 fully saturated rings. The molecule has 1 aliphatic heterocycles. The van der Waals surface area contributed by atoms with Crippen molar-refractivity contribution in [3.63, 3.8) is 0 Å². The Bertz CT molecular complexity index is 849. The number of aromatic nitrogens is 2. The molecule has 0 aromatic carbocycles. The van der Waals surface area contributed by atoms with Crippen LogP contribution in [0.2, 0.25) is 0 Å². The minimum atomic E-state index is 0.118. The van der Waals surface area contributed by atoms with E-state index < -0.39 is 0 Å². The Morgan fingerprint density at radius 2 is 1.85 bits per heavy atom. The summed E-state index contributed by atoms with van der Waals surface area (Å²) in [7, 11) is 0. The van der Waals surface area contributed by atoms with Crippen molar-refractivity contribution in [1.82, 2.24) is 19.8 Å². The zero-order valence-corrected chi connectivity index (χ0v) is 17.0. The second kappa shape index (κ2) is 6.62. The van der Waals surface area contributed by atoms with Crippen molar-refractivity contribution in [3.8, 4) is 0 Å². The van der Waals surface area contributed by atoms with E-state index in [1.165, 1.54) is 55.5 Å². The third-order valence-electron chi connectivity index (χ3n) is 6.61. The third-order valence-corrected chi connectivity index (χ3v) is 6.94. The number of pyridine rings is 1. The maximum Gasteiger partial charge on any atom is 0.170 e. The normalized spacial score (nSPS) is 26.0. The fourth-order valence-electron chi connectivity index (χ4n) is 5.27. The van der Waals surface area contributed by atoms with Crippen LogP contribution in [0.5, 0.6) is 0 Å². The van der Waals surface area contributed by atoms with Crippen LogP contribution >= 0.6 is 12.2 Å². The van der Waals surface area contributed by atoms with Gasteiger partial charge in [0.1, 0.15) is 0 Å². The molecule has 2 saturated carbocycles. The molecule has 2 aromatic heterocycles. The van der Waals surface area contributed by atoms with Gasteiger partial charge < -0.3 is 14.8 Å². The van der Waals surface area contributed by atoms with E-state index in [0.717, 1.165) is 10.8 Å². The van der Waals surface area contributed by atoms with Crippen LogP contribution in [0, 0.1) is 13.8 Å². The number of thiocarbonyl (C=S) groups is 1. The zero-order valence-electron chi connectivity index (χ0n) is 16.2. The highest BCUT2D eigenvalue weighted by Gasteiger charge is 2.45. The molecule has 0 unspecified atom stereocenters. The summed E-state index contributed by atoms with van der Waals surface area (Å²) in [5.74, 6) is 0. The summed E-state index contributed by atoms with van der Waals surface area (Å²) in [6.45, 7) is 4.55. The molecule has 0 bridgehead atoms. The summed E-state index contributed by atoms with van der Waals surface area (Å²) in [6.07, 6.45) is 9.63. The molecule has 2 atom stereocenters. The predicted octanol–water partition coefficient (Wildman–Crippen LogP) is 4.75. The summed E-state index contributed by atoms with van der Waals surface area (Å²) in [4.78, 5) is 7.20. The van der Waals surface area contributed by atoms with Crippen LogP contribution in [0.4, 0.5) is 0 Å². The first-order valence-corrected chi connectivity index (χ1v) is 10.7. The molecule has 2 aromatic rings. The van der Waals surface area contributed by atoms with Gasteiger partial charge in [0, 0.05) is 29.7 Å². The lowest BCUT2D eigenvalue weighted by molar-refractivity contribution is 0.245. The number of aryl methyl sites for hydroxylation is 1. The number of hydrogen-bond donors (Lipinski definition) is 1. The minimum absolute atomic E-state index is 0.118. The standard InChI is InChI=1S/C22H28N4S/c1-14-13-18(15(2)25(14)17-10-11-17)21-20(19-9-5-6-12-23-19)24-22(27)26(21)16-7-3-4-8-16/h5-6,9,12-13,16-17,20-21H,3-4,7-8,10-11H2,1-2H3,(H,24,27)/t20-,21+/m1/s1. The first-order valence-electron chi connectivity index (χ1n) is 10.3. The Kier molecular flexibility index (Phi) is 4.23. The molecule has 0 amide bonds. The summed E-state index contributed by atoms with van der Waals surface area (Å²) >= 11 is 5.86. The summed E-state index contributed by atoms with van der Waals surface area (Å²) in [5, 5.41) is 4.53. The highest BCUT2D eigenvalue weighted by atomic mass is 32.1. The first-order chi connectivity index (χ1) is 13.1. The second-order valence-corrected chi connectivity index (χ2v) is 8.79. The largest absolute Gasteiger partial charge is 0.352 e. The van der Waals surface area contributed by atoms with Crippen molar-refractivity contribution in [1.29, 1.82) is 0 Å². The molecule has 0 spiro atoms. The van der Waals surface area contributed by atoms with E-state index in [0.29, 0.717) is 12.1 Å². The SMILES string of the molecule is Cc1cc([C@H]2[C@@H](c3ccccn3)NC(=S)N2C2CCCC2)c(C)n1C1CC1. The first kappa shape index (κ1) is 17.2. The lowest BCUT2D eigenvalue weighted by Gasteiger charge is -2.33. The molecule has 142 valence electrons. The molecule has 27 heavy (non-hydrogen) atoms. The Balaban J connectivity index is 1.61. The van der Waals surface area contributed by atoms with Crippen molar-refractivity contribution in [3.05, 3.63) is 53.1 Å². The van der Waals surface area contributed by atoms with E-state index in [4.69, 9.17) is 12.2 Å². The molecular weight excluding hydrogens is 352 g/mol. The molecular formula is C22H28N4S. The molecule has 0 radical (unpaired) electrons. The van der Waals surface area contributed by atoms with Crippen molar-refractivity contribution in [2.75, 3.05) is 0 Å². The van der Waals surface area contributed by atoms with Gasteiger partial charge in [-0.2, -0.15) is 0 Å². The number of rotatable bonds is 4. The maximum atomic E-state index is 5.86. The van der Waals surface area contributed by atoms with Crippen LogP contribution in [-0.4, -0.2) is 25.6 Å². The van der Waals surface area contributed by atoms with E-state index in [9.17, 15) is 0 Å². The lowest BCUT2D eigenvalue weighted by atomic mass is 9.95. The number of nitrogens with zero attached hydrogens (tertiary/aromatic N) is 3. The molecule has 5 heteroatoms. The predicted molar refractivity (Wildman–Crippen MR) is 112 cm³/mol. The highest BCUT2D eigenvalue weighted by Crippen LogP contribution is 2.46. The second-order valence-electron chi connectivity index (χ2n) is 8.40. The van der Waals surface area contributed by atoms with Gasteiger partial charge in [-0.15, -0.1) is 0 Å². The molecule has 1 saturated heterocycles. The van der Waals surface area contributed by atoms with Crippen LogP contribution in [-0.2, 0) is 0 Å². The zero-order chi connectivity index (χ0) is 18.5. The highest BCUT2D eigenvalue weighted by molar-refractivity contribution is 7.80. The van der Waals surface area contributed by atoms with Gasteiger partial charge in [0.05, 0.1) is 17.8 Å². The summed E-state index contributed by atoms with van der Waals surface area (Å²) in [5.41, 5.74) is 5.31. The Labute approximate surface area is 167 Å². The van der Waals surface area contributed by atoms with E-state index >= 15 is 0 Å². The average Bonchev–Trinajstić information content (AvgIpc) is 3.11. The molecule has 5 rings (SSSR count). The van der Waals surface area contributed by atoms with E-state index in [2.05, 4.69) is 51.8 Å². The summed E-state index contributed by atoms with van der Waals surface area (Å²) < 4.78 is 2.55. The van der Waals surface area contributed by atoms with Gasteiger partial charge in [-0.25, -0.2) is 0 Å². The molecule has 4 nitrogen and oxygen atoms in total. The van der Waals surface area contributed by atoms with Gasteiger partial charge in [-0.3, -0.25) is 4.98 Å². The summed E-state index contributed by atoms with van der Waals surface area (Å²) in [6, 6.07) is 10.2. The Morgan fingerprint density at radius 3 is 2.52 bits per heavy atom. The van der Waals surface area contributed by atoms with Crippen LogP contribution in [0.25, 0.3) is 0 Å². The van der Waals surface area contributed by atoms with Gasteiger partial charge >= 0.3 is 0 Å².